The number of hydrogen-bond acceptors (Lipinski definition) is 2. The topological polar surface area (TPSA) is 35.2 Å². The van der Waals surface area contributed by atoms with E-state index >= 15 is 0 Å². The Morgan fingerprint density at radius 1 is 1.09 bits per heavy atom. The number of rotatable bonds is 4. The van der Waals surface area contributed by atoms with Gasteiger partial charge in [-0.15, -0.1) is 0 Å². The van der Waals surface area contributed by atoms with Crippen LogP contribution >= 0.6 is 23.2 Å². The van der Waals surface area contributed by atoms with E-state index in [0.29, 0.717) is 12.0 Å². The number of quaternary nitrogens is 1. The van der Waals surface area contributed by atoms with Crippen LogP contribution in [-0.4, -0.2) is 43.4 Å². The van der Waals surface area contributed by atoms with Crippen molar-refractivity contribution in [1.82, 2.24) is 0 Å². The number of benzene rings is 1. The van der Waals surface area contributed by atoms with Crippen LogP contribution in [0.4, 0.5) is 0 Å². The largest absolute Gasteiger partial charge is 0.381 e. The van der Waals surface area contributed by atoms with Crippen LogP contribution < -0.4 is 5.73 Å². The zero-order valence-electron chi connectivity index (χ0n) is 12.9. The number of halogens is 2. The highest BCUT2D eigenvalue weighted by atomic mass is 35.5. The molecular weight excluding hydrogens is 319 g/mol. The summed E-state index contributed by atoms with van der Waals surface area (Å²) in [6, 6.07) is 6.59. The SMILES string of the molecule is NC[C@@H]1CC[N+](Cc2cc(Cl)cc(Cl)c2)(C2CCOCC2)C1. The average Bonchev–Trinajstić information content (AvgIpc) is 2.92. The van der Waals surface area contributed by atoms with E-state index in [1.807, 2.05) is 0 Å². The van der Waals surface area contributed by atoms with Crippen LogP contribution in [0.5, 0.6) is 0 Å². The van der Waals surface area contributed by atoms with Gasteiger partial charge in [0, 0.05) is 47.3 Å². The Kier molecular flexibility index (Phi) is 5.31. The van der Waals surface area contributed by atoms with E-state index in [-0.39, 0.29) is 0 Å². The highest BCUT2D eigenvalue weighted by Gasteiger charge is 2.44. The molecule has 1 unspecified atom stereocenters. The quantitative estimate of drug-likeness (QED) is 0.849. The molecular formula is C17H25Cl2N2O+. The Labute approximate surface area is 142 Å². The Morgan fingerprint density at radius 2 is 1.77 bits per heavy atom. The van der Waals surface area contributed by atoms with Gasteiger partial charge in [-0.1, -0.05) is 23.2 Å². The Hall–Kier alpha value is -0.320. The lowest BCUT2D eigenvalue weighted by molar-refractivity contribution is -0.955. The minimum absolute atomic E-state index is 0.637. The first-order valence-electron chi connectivity index (χ1n) is 8.20. The van der Waals surface area contributed by atoms with Gasteiger partial charge in [0.05, 0.1) is 32.3 Å². The van der Waals surface area contributed by atoms with E-state index in [2.05, 4.69) is 12.1 Å². The third kappa shape index (κ3) is 3.60. The van der Waals surface area contributed by atoms with Gasteiger partial charge in [0.25, 0.3) is 0 Å². The molecule has 1 aromatic rings. The molecule has 3 nitrogen and oxygen atoms in total. The van der Waals surface area contributed by atoms with Crippen LogP contribution in [0.15, 0.2) is 18.2 Å². The van der Waals surface area contributed by atoms with Gasteiger partial charge in [-0.3, -0.25) is 0 Å². The van der Waals surface area contributed by atoms with E-state index < -0.39 is 0 Å². The molecule has 2 aliphatic heterocycles. The second-order valence-electron chi connectivity index (χ2n) is 6.79. The predicted molar refractivity (Wildman–Crippen MR) is 91.2 cm³/mol. The summed E-state index contributed by atoms with van der Waals surface area (Å²) in [7, 11) is 0. The molecule has 2 aliphatic rings. The van der Waals surface area contributed by atoms with Crippen molar-refractivity contribution in [2.24, 2.45) is 11.7 Å². The molecule has 2 fully saturated rings. The summed E-state index contributed by atoms with van der Waals surface area (Å²) in [4.78, 5) is 0. The third-order valence-corrected chi connectivity index (χ3v) is 5.76. The summed E-state index contributed by atoms with van der Waals surface area (Å²) in [5.74, 6) is 0.637. The summed E-state index contributed by atoms with van der Waals surface area (Å²) in [5.41, 5.74) is 7.19. The molecule has 0 radical (unpaired) electrons. The number of nitrogens with two attached hydrogens (primary N) is 1. The maximum atomic E-state index is 6.19. The molecule has 122 valence electrons. The Bertz CT molecular complexity index is 499. The van der Waals surface area contributed by atoms with Gasteiger partial charge >= 0.3 is 0 Å². The van der Waals surface area contributed by atoms with Gasteiger partial charge in [0.1, 0.15) is 6.54 Å². The second kappa shape index (κ2) is 7.06. The van der Waals surface area contributed by atoms with Crippen molar-refractivity contribution >= 4 is 23.2 Å². The van der Waals surface area contributed by atoms with Crippen molar-refractivity contribution < 1.29 is 9.22 Å². The van der Waals surface area contributed by atoms with Crippen LogP contribution in [0.1, 0.15) is 24.8 Å². The molecule has 0 amide bonds. The zero-order chi connectivity index (χ0) is 15.6. The number of hydrogen-bond donors (Lipinski definition) is 1. The molecule has 22 heavy (non-hydrogen) atoms. The maximum absolute atomic E-state index is 6.19. The predicted octanol–water partition coefficient (Wildman–Crippen LogP) is 3.47. The molecule has 2 saturated heterocycles. The molecule has 2 atom stereocenters. The van der Waals surface area contributed by atoms with Crippen LogP contribution in [0.3, 0.4) is 0 Å². The lowest BCUT2D eigenvalue weighted by Crippen LogP contribution is -2.55. The number of ether oxygens (including phenoxy) is 1. The first-order valence-corrected chi connectivity index (χ1v) is 8.95. The van der Waals surface area contributed by atoms with E-state index in [0.717, 1.165) is 53.7 Å². The molecule has 3 rings (SSSR count). The Morgan fingerprint density at radius 3 is 2.36 bits per heavy atom. The molecule has 0 aromatic heterocycles. The first kappa shape index (κ1) is 16.5. The minimum Gasteiger partial charge on any atom is -0.381 e. The lowest BCUT2D eigenvalue weighted by Gasteiger charge is -2.44. The van der Waals surface area contributed by atoms with Crippen molar-refractivity contribution in [3.63, 3.8) is 0 Å². The first-order chi connectivity index (χ1) is 10.6. The fourth-order valence-electron chi connectivity index (χ4n) is 4.23. The summed E-state index contributed by atoms with van der Waals surface area (Å²) < 4.78 is 6.70. The van der Waals surface area contributed by atoms with Gasteiger partial charge in [0.2, 0.25) is 0 Å². The molecule has 5 heteroatoms. The molecule has 0 spiro atoms. The number of likely N-dealkylation sites (tertiary alicyclic amines) is 1. The normalized spacial score (nSPS) is 29.9. The lowest BCUT2D eigenvalue weighted by atomic mass is 10.0. The summed E-state index contributed by atoms with van der Waals surface area (Å²) in [6.45, 7) is 5.94. The molecule has 2 heterocycles. The van der Waals surface area contributed by atoms with Gasteiger partial charge < -0.3 is 15.0 Å². The summed E-state index contributed by atoms with van der Waals surface area (Å²) >= 11 is 12.4. The van der Waals surface area contributed by atoms with Crippen LogP contribution in [0, 0.1) is 5.92 Å². The highest BCUT2D eigenvalue weighted by molar-refractivity contribution is 6.34. The second-order valence-corrected chi connectivity index (χ2v) is 7.67. The molecule has 0 bridgehead atoms. The Balaban J connectivity index is 1.85. The van der Waals surface area contributed by atoms with Crippen LogP contribution in [0.2, 0.25) is 10.0 Å². The van der Waals surface area contributed by atoms with Gasteiger partial charge in [-0.25, -0.2) is 0 Å². The smallest absolute Gasteiger partial charge is 0.105 e. The van der Waals surface area contributed by atoms with Crippen molar-refractivity contribution in [3.8, 4) is 0 Å². The van der Waals surface area contributed by atoms with Crippen molar-refractivity contribution in [1.29, 1.82) is 0 Å². The highest BCUT2D eigenvalue weighted by Crippen LogP contribution is 2.35. The van der Waals surface area contributed by atoms with E-state index in [9.17, 15) is 0 Å². The fraction of sp³-hybridized carbons (Fsp3) is 0.647. The third-order valence-electron chi connectivity index (χ3n) is 5.32. The van der Waals surface area contributed by atoms with Gasteiger partial charge in [0.15, 0.2) is 0 Å². The fourth-order valence-corrected chi connectivity index (χ4v) is 4.80. The monoisotopic (exact) mass is 343 g/mol. The molecule has 0 aliphatic carbocycles. The van der Waals surface area contributed by atoms with Gasteiger partial charge in [-0.05, 0) is 18.2 Å². The number of nitrogens with zero attached hydrogens (tertiary/aromatic N) is 1. The van der Waals surface area contributed by atoms with Crippen molar-refractivity contribution in [3.05, 3.63) is 33.8 Å². The molecule has 2 N–H and O–H groups in total. The zero-order valence-corrected chi connectivity index (χ0v) is 14.5. The minimum atomic E-state index is 0.637. The molecule has 1 aromatic carbocycles. The average molecular weight is 344 g/mol. The maximum Gasteiger partial charge on any atom is 0.105 e. The summed E-state index contributed by atoms with van der Waals surface area (Å²) in [6.07, 6.45) is 3.51. The molecule has 0 saturated carbocycles. The van der Waals surface area contributed by atoms with Crippen LogP contribution in [0.25, 0.3) is 0 Å². The standard InChI is InChI=1S/C17H25Cl2N2O/c18-15-7-14(8-16(19)9-15)12-21(4-1-13(10-20)11-21)17-2-5-22-6-3-17/h7-9,13,17H,1-6,10-12,20H2/q+1/t13-,21?/m0/s1. The van der Waals surface area contributed by atoms with Crippen LogP contribution in [-0.2, 0) is 11.3 Å². The van der Waals surface area contributed by atoms with Gasteiger partial charge in [-0.2, -0.15) is 0 Å². The van der Waals surface area contributed by atoms with E-state index in [1.54, 1.807) is 6.07 Å². The van der Waals surface area contributed by atoms with Crippen molar-refractivity contribution in [2.45, 2.75) is 31.8 Å². The van der Waals surface area contributed by atoms with E-state index in [4.69, 9.17) is 33.7 Å². The van der Waals surface area contributed by atoms with E-state index in [1.165, 1.54) is 25.1 Å². The van der Waals surface area contributed by atoms with Crippen molar-refractivity contribution in [2.75, 3.05) is 32.8 Å². The summed E-state index contributed by atoms with van der Waals surface area (Å²) in [5, 5.41) is 1.45.